The Morgan fingerprint density at radius 1 is 0.935 bits per heavy atom. The first kappa shape index (κ1) is 23.2. The van der Waals surface area contributed by atoms with Crippen LogP contribution in [0.2, 0.25) is 0 Å². The van der Waals surface area contributed by atoms with Crippen LogP contribution in [0.5, 0.6) is 5.75 Å². The SMILES string of the molecule is O=C(O)c1cccc(OC2=C(F)C(F)=C(F)C(F)(C(=O)OF)C2C(=O)OF)c1C(=O)O. The van der Waals surface area contributed by atoms with Gasteiger partial charge in [0.25, 0.3) is 5.67 Å². The fraction of sp³-hybridized carbons (Fsp3) is 0.125. The Labute approximate surface area is 165 Å². The molecular weight excluding hydrogens is 450 g/mol. The number of carbonyl (C=O) groups is 4. The minimum Gasteiger partial charge on any atom is -0.478 e. The molecule has 0 heterocycles. The highest BCUT2D eigenvalue weighted by molar-refractivity contribution is 6.03. The Kier molecular flexibility index (Phi) is 6.27. The number of halogens is 6. The monoisotopic (exact) mass is 456 g/mol. The van der Waals surface area contributed by atoms with Crippen molar-refractivity contribution in [2.45, 2.75) is 5.67 Å². The number of carboxylic acids is 2. The van der Waals surface area contributed by atoms with Crippen LogP contribution < -0.4 is 4.74 Å². The van der Waals surface area contributed by atoms with Crippen LogP contribution >= 0.6 is 0 Å². The predicted octanol–water partition coefficient (Wildman–Crippen LogP) is 2.99. The molecule has 0 fully saturated rings. The summed E-state index contributed by atoms with van der Waals surface area (Å²) in [6.45, 7) is 0. The van der Waals surface area contributed by atoms with Gasteiger partial charge in [-0.25, -0.2) is 32.3 Å². The molecule has 2 unspecified atom stereocenters. The molecule has 0 bridgehead atoms. The molecule has 1 aromatic rings. The van der Waals surface area contributed by atoms with Gasteiger partial charge in [-0.2, -0.15) is 4.39 Å². The Morgan fingerprint density at radius 2 is 1.55 bits per heavy atom. The van der Waals surface area contributed by atoms with Crippen LogP contribution in [0.3, 0.4) is 0 Å². The molecule has 1 aliphatic rings. The summed E-state index contributed by atoms with van der Waals surface area (Å²) in [6.07, 6.45) is 0. The third-order valence-electron chi connectivity index (χ3n) is 3.95. The van der Waals surface area contributed by atoms with Gasteiger partial charge in [0.05, 0.1) is 5.56 Å². The van der Waals surface area contributed by atoms with Crippen LogP contribution in [0, 0.1) is 5.92 Å². The van der Waals surface area contributed by atoms with Crippen molar-refractivity contribution in [2.24, 2.45) is 5.92 Å². The number of ether oxygens (including phenoxy) is 1. The first-order valence-corrected chi connectivity index (χ1v) is 7.50. The maximum Gasteiger partial charge on any atom is 0.394 e. The highest BCUT2D eigenvalue weighted by Gasteiger charge is 2.65. The molecule has 31 heavy (non-hydrogen) atoms. The summed E-state index contributed by atoms with van der Waals surface area (Å²) in [4.78, 5) is 50.6. The molecule has 0 amide bonds. The van der Waals surface area contributed by atoms with Crippen LogP contribution in [0.4, 0.5) is 26.6 Å². The van der Waals surface area contributed by atoms with Crippen LogP contribution in [-0.4, -0.2) is 39.8 Å². The van der Waals surface area contributed by atoms with E-state index in [1.165, 1.54) is 0 Å². The lowest BCUT2D eigenvalue weighted by Gasteiger charge is -2.31. The van der Waals surface area contributed by atoms with Crippen LogP contribution in [0.25, 0.3) is 0 Å². The Balaban J connectivity index is 2.81. The molecule has 2 N–H and O–H groups in total. The van der Waals surface area contributed by atoms with E-state index in [1.807, 2.05) is 0 Å². The van der Waals surface area contributed by atoms with Gasteiger partial charge in [-0.05, 0) is 12.1 Å². The van der Waals surface area contributed by atoms with E-state index in [0.29, 0.717) is 6.07 Å². The summed E-state index contributed by atoms with van der Waals surface area (Å²) in [5.41, 5.74) is -7.14. The average Bonchev–Trinajstić information content (AvgIpc) is 2.74. The number of carbonyl (C=O) groups excluding carboxylic acids is 2. The van der Waals surface area contributed by atoms with Crippen molar-refractivity contribution < 1.29 is 70.6 Å². The third-order valence-corrected chi connectivity index (χ3v) is 3.95. The largest absolute Gasteiger partial charge is 0.478 e. The standard InChI is InChI=1S/C16H6F6O9/c17-8-9(18)11(19)16(20,15(28)31-22)7(14(27)30-21)10(8)29-5-3-1-2-4(12(23)24)6(5)13(25)26/h1-3,7H,(H,23,24)(H,25,26). The lowest BCUT2D eigenvalue weighted by Crippen LogP contribution is -2.50. The van der Waals surface area contributed by atoms with E-state index in [1.54, 1.807) is 0 Å². The zero-order valence-corrected chi connectivity index (χ0v) is 14.3. The number of benzene rings is 1. The Hall–Kier alpha value is -4.04. The van der Waals surface area contributed by atoms with E-state index in [2.05, 4.69) is 14.6 Å². The summed E-state index contributed by atoms with van der Waals surface area (Å²) in [5, 5.41) is 18.2. The quantitative estimate of drug-likeness (QED) is 0.619. The summed E-state index contributed by atoms with van der Waals surface area (Å²) >= 11 is 0. The molecular formula is C16H6F6O9. The minimum atomic E-state index is -4.89. The third kappa shape index (κ3) is 3.64. The summed E-state index contributed by atoms with van der Waals surface area (Å²) < 4.78 is 86.4. The van der Waals surface area contributed by atoms with E-state index in [-0.39, 0.29) is 0 Å². The van der Waals surface area contributed by atoms with Gasteiger partial charge in [0.2, 0.25) is 5.83 Å². The van der Waals surface area contributed by atoms with Gasteiger partial charge in [-0.15, -0.1) is 0 Å². The Morgan fingerprint density at radius 3 is 2.03 bits per heavy atom. The number of hydrogen-bond acceptors (Lipinski definition) is 7. The van der Waals surface area contributed by atoms with Crippen molar-refractivity contribution >= 4 is 23.9 Å². The van der Waals surface area contributed by atoms with Crippen molar-refractivity contribution in [1.82, 2.24) is 0 Å². The molecule has 0 aliphatic heterocycles. The zero-order valence-electron chi connectivity index (χ0n) is 14.3. The van der Waals surface area contributed by atoms with E-state index >= 15 is 0 Å². The molecule has 15 heteroatoms. The van der Waals surface area contributed by atoms with Gasteiger partial charge < -0.3 is 14.9 Å². The van der Waals surface area contributed by atoms with Gasteiger partial charge in [0, 0.05) is 9.05 Å². The maximum absolute atomic E-state index is 15.0. The van der Waals surface area contributed by atoms with Crippen molar-refractivity contribution in [3.8, 4) is 5.75 Å². The summed E-state index contributed by atoms with van der Waals surface area (Å²) in [7, 11) is 0. The fourth-order valence-corrected chi connectivity index (χ4v) is 2.61. The second kappa shape index (κ2) is 8.37. The topological polar surface area (TPSA) is 136 Å². The maximum atomic E-state index is 15.0. The number of allylic oxidation sites excluding steroid dienone is 2. The average molecular weight is 456 g/mol. The predicted molar refractivity (Wildman–Crippen MR) is 80.1 cm³/mol. The molecule has 2 rings (SSSR count). The zero-order chi connectivity index (χ0) is 23.7. The molecule has 2 atom stereocenters. The molecule has 9 nitrogen and oxygen atoms in total. The second-order valence-electron chi connectivity index (χ2n) is 5.60. The number of hydrogen-bond donors (Lipinski definition) is 2. The lowest BCUT2D eigenvalue weighted by atomic mass is 9.82. The van der Waals surface area contributed by atoms with E-state index in [4.69, 9.17) is 5.11 Å². The van der Waals surface area contributed by atoms with Gasteiger partial charge >= 0.3 is 23.9 Å². The van der Waals surface area contributed by atoms with Crippen molar-refractivity contribution in [1.29, 1.82) is 0 Å². The summed E-state index contributed by atoms with van der Waals surface area (Å²) in [6, 6.07) is 2.13. The highest BCUT2D eigenvalue weighted by atomic mass is 19.3. The minimum absolute atomic E-state index is 0.605. The van der Waals surface area contributed by atoms with Crippen LogP contribution in [0.1, 0.15) is 20.7 Å². The van der Waals surface area contributed by atoms with Gasteiger partial charge in [0.1, 0.15) is 11.3 Å². The number of carboxylic acid groups (broad SMARTS) is 2. The molecule has 0 radical (unpaired) electrons. The van der Waals surface area contributed by atoms with E-state index < -0.39 is 75.6 Å². The first-order valence-electron chi connectivity index (χ1n) is 7.50. The molecule has 0 aromatic heterocycles. The molecule has 166 valence electrons. The normalized spacial score (nSPS) is 20.9. The van der Waals surface area contributed by atoms with E-state index in [0.717, 1.165) is 12.1 Å². The number of rotatable bonds is 6. The van der Waals surface area contributed by atoms with Gasteiger partial charge in [-0.3, -0.25) is 9.88 Å². The van der Waals surface area contributed by atoms with Gasteiger partial charge in [0.15, 0.2) is 23.3 Å². The smallest absolute Gasteiger partial charge is 0.394 e. The molecule has 1 aliphatic carbocycles. The highest BCUT2D eigenvalue weighted by Crippen LogP contribution is 2.48. The van der Waals surface area contributed by atoms with Crippen molar-refractivity contribution in [3.05, 3.63) is 52.6 Å². The van der Waals surface area contributed by atoms with Crippen LogP contribution in [-0.2, 0) is 19.5 Å². The summed E-state index contributed by atoms with van der Waals surface area (Å²) in [5.74, 6) is -24.8. The first-order chi connectivity index (χ1) is 14.4. The second-order valence-corrected chi connectivity index (χ2v) is 5.60. The molecule has 0 saturated carbocycles. The number of aromatic carboxylic acids is 2. The van der Waals surface area contributed by atoms with Crippen molar-refractivity contribution in [3.63, 3.8) is 0 Å². The van der Waals surface area contributed by atoms with Crippen LogP contribution in [0.15, 0.2) is 41.4 Å². The molecule has 0 saturated heterocycles. The van der Waals surface area contributed by atoms with Crippen molar-refractivity contribution in [2.75, 3.05) is 0 Å². The van der Waals surface area contributed by atoms with E-state index in [9.17, 15) is 50.9 Å². The molecule has 0 spiro atoms. The Bertz CT molecular complexity index is 1050. The molecule has 1 aromatic carbocycles. The fourth-order valence-electron chi connectivity index (χ4n) is 2.61. The van der Waals surface area contributed by atoms with Gasteiger partial charge in [-0.1, -0.05) is 6.07 Å². The lowest BCUT2D eigenvalue weighted by molar-refractivity contribution is -0.211. The number of alkyl halides is 1.